The van der Waals surface area contributed by atoms with Crippen LogP contribution < -0.4 is 10.6 Å². The van der Waals surface area contributed by atoms with Gasteiger partial charge < -0.3 is 15.0 Å². The second-order valence-corrected chi connectivity index (χ2v) is 8.90. The summed E-state index contributed by atoms with van der Waals surface area (Å²) in [6.45, 7) is 4.33. The number of halogens is 1. The van der Waals surface area contributed by atoms with Gasteiger partial charge in [-0.05, 0) is 30.2 Å². The van der Waals surface area contributed by atoms with Crippen LogP contribution in [-0.2, 0) is 34.0 Å². The monoisotopic (exact) mass is 466 g/mol. The van der Waals surface area contributed by atoms with E-state index in [9.17, 15) is 18.8 Å². The summed E-state index contributed by atoms with van der Waals surface area (Å²) in [6, 6.07) is 10.0. The number of carbonyl (C=O) groups is 3. The number of imide groups is 1. The summed E-state index contributed by atoms with van der Waals surface area (Å²) in [5, 5.41) is 5.58. The molecule has 0 saturated carbocycles. The molecule has 0 bridgehead atoms. The number of rotatable bonds is 6. The van der Waals surface area contributed by atoms with Crippen molar-refractivity contribution in [3.05, 3.63) is 64.5 Å². The van der Waals surface area contributed by atoms with Crippen LogP contribution in [0.15, 0.2) is 36.4 Å². The number of nitrogens with zero attached hydrogens (tertiary/aromatic N) is 2. The van der Waals surface area contributed by atoms with Crippen molar-refractivity contribution in [3.8, 4) is 0 Å². The van der Waals surface area contributed by atoms with Gasteiger partial charge in [-0.15, -0.1) is 0 Å². The van der Waals surface area contributed by atoms with Crippen molar-refractivity contribution >= 4 is 23.4 Å². The number of amides is 3. The molecule has 3 heterocycles. The topological polar surface area (TPSA) is 91.0 Å². The minimum absolute atomic E-state index is 0.211. The Hall–Kier alpha value is -3.30. The van der Waals surface area contributed by atoms with Crippen molar-refractivity contribution in [2.24, 2.45) is 0 Å². The standard InChI is InChI=1S/C25H27FN4O4/c26-20-12-16(14-29-8-10-34-11-9-29)4-5-17(20)13-27-21-3-1-2-18-19(21)15-30(25(18)33)22-6-7-23(31)28-24(22)32/h1-5,12,22,27H,6-11,13-15H2,(H,28,31,32)/t22-/m1/s1. The highest BCUT2D eigenvalue weighted by Gasteiger charge is 2.39. The molecule has 2 fully saturated rings. The molecule has 2 N–H and O–H groups in total. The van der Waals surface area contributed by atoms with Gasteiger partial charge in [-0.1, -0.05) is 18.2 Å². The molecule has 9 heteroatoms. The summed E-state index contributed by atoms with van der Waals surface area (Å²) in [4.78, 5) is 40.5. The van der Waals surface area contributed by atoms with Crippen molar-refractivity contribution in [2.45, 2.75) is 38.5 Å². The number of nitrogens with one attached hydrogen (secondary N) is 2. The van der Waals surface area contributed by atoms with Crippen LogP contribution in [0.25, 0.3) is 0 Å². The number of ether oxygens (including phenoxy) is 1. The molecule has 8 nitrogen and oxygen atoms in total. The molecule has 0 radical (unpaired) electrons. The van der Waals surface area contributed by atoms with Crippen LogP contribution in [0.2, 0.25) is 0 Å². The normalized spacial score (nSPS) is 20.9. The Morgan fingerprint density at radius 3 is 2.71 bits per heavy atom. The first-order chi connectivity index (χ1) is 16.5. The summed E-state index contributed by atoms with van der Waals surface area (Å²) < 4.78 is 20.2. The smallest absolute Gasteiger partial charge is 0.255 e. The Labute approximate surface area is 197 Å². The summed E-state index contributed by atoms with van der Waals surface area (Å²) >= 11 is 0. The fraction of sp³-hybridized carbons (Fsp3) is 0.400. The summed E-state index contributed by atoms with van der Waals surface area (Å²) in [5.74, 6) is -1.25. The minimum Gasteiger partial charge on any atom is -0.381 e. The van der Waals surface area contributed by atoms with E-state index in [2.05, 4.69) is 15.5 Å². The van der Waals surface area contributed by atoms with Crippen LogP contribution in [0.5, 0.6) is 0 Å². The fourth-order valence-electron chi connectivity index (χ4n) is 4.79. The lowest BCUT2D eigenvalue weighted by molar-refractivity contribution is -0.136. The molecule has 2 aromatic carbocycles. The Balaban J connectivity index is 1.26. The average molecular weight is 467 g/mol. The van der Waals surface area contributed by atoms with Crippen LogP contribution in [0.3, 0.4) is 0 Å². The zero-order chi connectivity index (χ0) is 23.7. The number of benzene rings is 2. The third-order valence-corrected chi connectivity index (χ3v) is 6.68. The van der Waals surface area contributed by atoms with Crippen LogP contribution in [-0.4, -0.2) is 59.9 Å². The SMILES string of the molecule is O=C1CC[C@@H](N2Cc3c(NCc4ccc(CN5CCOCC5)cc4F)cccc3C2=O)C(=O)N1. The van der Waals surface area contributed by atoms with Gasteiger partial charge in [0, 0.05) is 61.5 Å². The van der Waals surface area contributed by atoms with Gasteiger partial charge in [0.2, 0.25) is 11.8 Å². The average Bonchev–Trinajstić information content (AvgIpc) is 3.16. The molecule has 3 aliphatic rings. The number of piperidine rings is 1. The zero-order valence-electron chi connectivity index (χ0n) is 18.8. The first kappa shape index (κ1) is 22.5. The van der Waals surface area contributed by atoms with Crippen LogP contribution in [0.1, 0.15) is 39.9 Å². The van der Waals surface area contributed by atoms with Gasteiger partial charge in [0.1, 0.15) is 11.9 Å². The Bertz CT molecular complexity index is 1130. The van der Waals surface area contributed by atoms with Crippen LogP contribution >= 0.6 is 0 Å². The highest BCUT2D eigenvalue weighted by Crippen LogP contribution is 2.32. The molecule has 0 spiro atoms. The molecule has 3 aliphatic heterocycles. The Morgan fingerprint density at radius 2 is 1.94 bits per heavy atom. The number of fused-ring (bicyclic) bond motifs is 1. The van der Waals surface area contributed by atoms with E-state index in [0.717, 1.165) is 29.9 Å². The van der Waals surface area contributed by atoms with Gasteiger partial charge in [-0.25, -0.2) is 4.39 Å². The van der Waals surface area contributed by atoms with Crippen molar-refractivity contribution in [1.29, 1.82) is 0 Å². The molecule has 3 amide bonds. The number of hydrogen-bond donors (Lipinski definition) is 2. The van der Waals surface area contributed by atoms with Gasteiger partial charge in [0.25, 0.3) is 5.91 Å². The minimum atomic E-state index is -0.665. The largest absolute Gasteiger partial charge is 0.381 e. The predicted octanol–water partition coefficient (Wildman–Crippen LogP) is 2.03. The zero-order valence-corrected chi connectivity index (χ0v) is 18.8. The van der Waals surface area contributed by atoms with Gasteiger partial charge >= 0.3 is 0 Å². The maximum atomic E-state index is 14.8. The maximum absolute atomic E-state index is 14.8. The summed E-state index contributed by atoms with van der Waals surface area (Å²) in [5.41, 5.74) is 3.50. The fourth-order valence-corrected chi connectivity index (χ4v) is 4.79. The molecule has 0 aliphatic carbocycles. The highest BCUT2D eigenvalue weighted by atomic mass is 19.1. The molecular formula is C25H27FN4O4. The maximum Gasteiger partial charge on any atom is 0.255 e. The molecule has 2 aromatic rings. The van der Waals surface area contributed by atoms with E-state index in [0.29, 0.717) is 37.3 Å². The van der Waals surface area contributed by atoms with Gasteiger partial charge in [0.15, 0.2) is 0 Å². The van der Waals surface area contributed by atoms with E-state index in [1.54, 1.807) is 24.3 Å². The second kappa shape index (κ2) is 9.52. The van der Waals surface area contributed by atoms with E-state index in [4.69, 9.17) is 4.74 Å². The molecule has 2 saturated heterocycles. The lowest BCUT2D eigenvalue weighted by Gasteiger charge is -2.29. The van der Waals surface area contributed by atoms with Crippen LogP contribution in [0, 0.1) is 5.82 Å². The Morgan fingerprint density at radius 1 is 1.12 bits per heavy atom. The summed E-state index contributed by atoms with van der Waals surface area (Å²) in [6.07, 6.45) is 0.525. The molecule has 178 valence electrons. The first-order valence-electron chi connectivity index (χ1n) is 11.6. The third kappa shape index (κ3) is 4.53. The summed E-state index contributed by atoms with van der Waals surface area (Å²) in [7, 11) is 0. The Kier molecular flexibility index (Phi) is 6.30. The van der Waals surface area contributed by atoms with Crippen LogP contribution in [0.4, 0.5) is 10.1 Å². The second-order valence-electron chi connectivity index (χ2n) is 8.90. The van der Waals surface area contributed by atoms with Crippen molar-refractivity contribution in [1.82, 2.24) is 15.1 Å². The van der Waals surface area contributed by atoms with Crippen molar-refractivity contribution in [2.75, 3.05) is 31.6 Å². The van der Waals surface area contributed by atoms with E-state index in [1.165, 1.54) is 4.90 Å². The van der Waals surface area contributed by atoms with Gasteiger partial charge in [-0.3, -0.25) is 24.6 Å². The first-order valence-corrected chi connectivity index (χ1v) is 11.6. The van der Waals surface area contributed by atoms with E-state index < -0.39 is 11.9 Å². The third-order valence-electron chi connectivity index (χ3n) is 6.68. The number of hydrogen-bond acceptors (Lipinski definition) is 6. The lowest BCUT2D eigenvalue weighted by Crippen LogP contribution is -2.52. The molecule has 0 unspecified atom stereocenters. The number of anilines is 1. The molecule has 0 aromatic heterocycles. The van der Waals surface area contributed by atoms with E-state index >= 15 is 0 Å². The highest BCUT2D eigenvalue weighted by molar-refractivity contribution is 6.06. The lowest BCUT2D eigenvalue weighted by atomic mass is 10.0. The van der Waals surface area contributed by atoms with E-state index in [-0.39, 0.29) is 37.1 Å². The molecular weight excluding hydrogens is 439 g/mol. The van der Waals surface area contributed by atoms with Gasteiger partial charge in [-0.2, -0.15) is 0 Å². The van der Waals surface area contributed by atoms with Crippen molar-refractivity contribution in [3.63, 3.8) is 0 Å². The number of morpholine rings is 1. The van der Waals surface area contributed by atoms with Crippen molar-refractivity contribution < 1.29 is 23.5 Å². The molecule has 34 heavy (non-hydrogen) atoms. The molecule has 1 atom stereocenters. The van der Waals surface area contributed by atoms with E-state index in [1.807, 2.05) is 12.1 Å². The quantitative estimate of drug-likeness (QED) is 0.634. The number of carbonyl (C=O) groups excluding carboxylic acids is 3. The molecule has 5 rings (SSSR count). The predicted molar refractivity (Wildman–Crippen MR) is 122 cm³/mol. The van der Waals surface area contributed by atoms with Gasteiger partial charge in [0.05, 0.1) is 13.2 Å².